The average Bonchev–Trinajstić information content (AvgIpc) is 3.08. The zero-order valence-electron chi connectivity index (χ0n) is 13.9. The summed E-state index contributed by atoms with van der Waals surface area (Å²) in [7, 11) is 0. The number of carbonyl (C=O) groups is 2. The Morgan fingerprint density at radius 1 is 1.29 bits per heavy atom. The number of anilines is 2. The number of thiazole rings is 1. The van der Waals surface area contributed by atoms with E-state index in [9.17, 15) is 9.59 Å². The fraction of sp³-hybridized carbons (Fsp3) is 0.353. The van der Waals surface area contributed by atoms with Crippen LogP contribution in [-0.4, -0.2) is 29.5 Å². The summed E-state index contributed by atoms with van der Waals surface area (Å²) in [4.78, 5) is 30.2. The van der Waals surface area contributed by atoms with Crippen molar-refractivity contribution < 1.29 is 9.59 Å². The number of aromatic nitrogens is 1. The Hall–Kier alpha value is -2.41. The lowest BCUT2D eigenvalue weighted by atomic mass is 10.1. The van der Waals surface area contributed by atoms with Crippen molar-refractivity contribution in [3.05, 3.63) is 40.4 Å². The molecular weight excluding hydrogens is 324 g/mol. The number of carbonyl (C=O) groups excluding carboxylic acids is 2. The average molecular weight is 344 g/mol. The molecule has 6 nitrogen and oxygen atoms in total. The fourth-order valence-corrected chi connectivity index (χ4v) is 3.36. The van der Waals surface area contributed by atoms with Gasteiger partial charge in [0.25, 0.3) is 0 Å². The van der Waals surface area contributed by atoms with Crippen LogP contribution in [0.2, 0.25) is 0 Å². The Kier molecular flexibility index (Phi) is 4.53. The lowest BCUT2D eigenvalue weighted by molar-refractivity contribution is -0.117. The summed E-state index contributed by atoms with van der Waals surface area (Å²) in [5.74, 6) is 0.0219. The number of benzene rings is 1. The van der Waals surface area contributed by atoms with E-state index in [4.69, 9.17) is 0 Å². The lowest BCUT2D eigenvalue weighted by Gasteiger charge is -2.18. The molecule has 3 amide bonds. The van der Waals surface area contributed by atoms with Crippen molar-refractivity contribution in [1.29, 1.82) is 0 Å². The monoisotopic (exact) mass is 344 g/mol. The Morgan fingerprint density at radius 2 is 2.08 bits per heavy atom. The normalized spacial score (nSPS) is 17.2. The Bertz CT molecular complexity index is 787. The van der Waals surface area contributed by atoms with E-state index in [1.54, 1.807) is 4.90 Å². The molecule has 24 heavy (non-hydrogen) atoms. The van der Waals surface area contributed by atoms with Gasteiger partial charge in [-0.3, -0.25) is 10.1 Å². The van der Waals surface area contributed by atoms with Crippen LogP contribution in [0.4, 0.5) is 15.6 Å². The van der Waals surface area contributed by atoms with E-state index in [1.807, 2.05) is 44.4 Å². The second-order valence-corrected chi connectivity index (χ2v) is 6.92. The molecule has 1 saturated heterocycles. The fourth-order valence-electron chi connectivity index (χ4n) is 2.68. The molecule has 1 aromatic carbocycles. The summed E-state index contributed by atoms with van der Waals surface area (Å²) in [5.41, 5.74) is 4.09. The quantitative estimate of drug-likeness (QED) is 0.899. The minimum atomic E-state index is -0.330. The molecule has 2 aromatic rings. The molecule has 0 spiro atoms. The van der Waals surface area contributed by atoms with Gasteiger partial charge in [0.1, 0.15) is 0 Å². The van der Waals surface area contributed by atoms with Crippen LogP contribution in [0.15, 0.2) is 23.6 Å². The Morgan fingerprint density at radius 3 is 2.75 bits per heavy atom. The summed E-state index contributed by atoms with van der Waals surface area (Å²) in [6.07, 6.45) is 0.303. The van der Waals surface area contributed by atoms with Gasteiger partial charge >= 0.3 is 6.03 Å². The van der Waals surface area contributed by atoms with Crippen molar-refractivity contribution in [2.24, 2.45) is 0 Å². The van der Waals surface area contributed by atoms with Crippen LogP contribution < -0.4 is 15.5 Å². The number of amides is 3. The molecule has 0 aliphatic carbocycles. The number of nitrogens with zero attached hydrogens (tertiary/aromatic N) is 2. The second-order valence-electron chi connectivity index (χ2n) is 6.07. The molecule has 0 radical (unpaired) electrons. The van der Waals surface area contributed by atoms with Crippen LogP contribution in [0.25, 0.3) is 0 Å². The molecule has 0 bridgehead atoms. The largest absolute Gasteiger partial charge is 0.333 e. The maximum Gasteiger partial charge on any atom is 0.321 e. The lowest BCUT2D eigenvalue weighted by Crippen LogP contribution is -2.39. The van der Waals surface area contributed by atoms with Crippen molar-refractivity contribution in [1.82, 2.24) is 10.3 Å². The number of aryl methyl sites for hydroxylation is 3. The molecule has 0 saturated carbocycles. The van der Waals surface area contributed by atoms with Gasteiger partial charge in [0.05, 0.1) is 11.7 Å². The first-order chi connectivity index (χ1) is 11.4. The van der Waals surface area contributed by atoms with Crippen molar-refractivity contribution in [2.75, 3.05) is 16.8 Å². The molecule has 1 fully saturated rings. The molecule has 1 aliphatic heterocycles. The highest BCUT2D eigenvalue weighted by Gasteiger charge is 2.31. The van der Waals surface area contributed by atoms with Gasteiger partial charge in [-0.1, -0.05) is 6.07 Å². The predicted octanol–water partition coefficient (Wildman–Crippen LogP) is 3.00. The van der Waals surface area contributed by atoms with Crippen LogP contribution in [0.5, 0.6) is 0 Å². The Balaban J connectivity index is 1.61. The summed E-state index contributed by atoms with van der Waals surface area (Å²) < 4.78 is 0. The van der Waals surface area contributed by atoms with Gasteiger partial charge in [0.15, 0.2) is 5.13 Å². The van der Waals surface area contributed by atoms with E-state index in [0.29, 0.717) is 18.1 Å². The SMILES string of the molecule is Cc1csc(NC(=O)N[C@H]2CC(=O)N(c3ccc(C)c(C)c3)C2)n1. The summed E-state index contributed by atoms with van der Waals surface area (Å²) in [5, 5.41) is 7.98. The minimum absolute atomic E-state index is 0.0219. The van der Waals surface area contributed by atoms with E-state index >= 15 is 0 Å². The molecular formula is C17H20N4O2S. The molecule has 126 valence electrons. The van der Waals surface area contributed by atoms with Gasteiger partial charge in [0.2, 0.25) is 5.91 Å². The third-order valence-corrected chi connectivity index (χ3v) is 4.98. The first kappa shape index (κ1) is 16.4. The first-order valence-electron chi connectivity index (χ1n) is 7.79. The molecule has 1 aromatic heterocycles. The van der Waals surface area contributed by atoms with E-state index < -0.39 is 0 Å². The van der Waals surface area contributed by atoms with Gasteiger partial charge in [-0.25, -0.2) is 9.78 Å². The molecule has 1 aliphatic rings. The topological polar surface area (TPSA) is 74.3 Å². The number of urea groups is 1. The highest BCUT2D eigenvalue weighted by molar-refractivity contribution is 7.13. The van der Waals surface area contributed by atoms with Crippen LogP contribution in [-0.2, 0) is 4.79 Å². The molecule has 0 unspecified atom stereocenters. The van der Waals surface area contributed by atoms with Gasteiger partial charge in [0, 0.05) is 24.0 Å². The van der Waals surface area contributed by atoms with Gasteiger partial charge < -0.3 is 10.2 Å². The van der Waals surface area contributed by atoms with Crippen LogP contribution in [0.3, 0.4) is 0 Å². The number of rotatable bonds is 3. The van der Waals surface area contributed by atoms with Crippen molar-refractivity contribution in [2.45, 2.75) is 33.2 Å². The van der Waals surface area contributed by atoms with E-state index in [2.05, 4.69) is 15.6 Å². The Labute approximate surface area is 144 Å². The standard InChI is InChI=1S/C17H20N4O2S/c1-10-4-5-14(6-11(10)2)21-8-13(7-15(21)22)19-16(23)20-17-18-12(3)9-24-17/h4-6,9,13H,7-8H2,1-3H3,(H2,18,19,20,23)/t13-/m0/s1. The number of hydrogen-bond acceptors (Lipinski definition) is 4. The van der Waals surface area contributed by atoms with E-state index in [1.165, 1.54) is 16.9 Å². The van der Waals surface area contributed by atoms with Crippen molar-refractivity contribution >= 4 is 34.1 Å². The van der Waals surface area contributed by atoms with Crippen LogP contribution in [0.1, 0.15) is 23.2 Å². The van der Waals surface area contributed by atoms with Crippen LogP contribution >= 0.6 is 11.3 Å². The molecule has 2 N–H and O–H groups in total. The molecule has 1 atom stereocenters. The van der Waals surface area contributed by atoms with Gasteiger partial charge in [-0.05, 0) is 44.0 Å². The third kappa shape index (κ3) is 3.56. The van der Waals surface area contributed by atoms with Crippen LogP contribution in [0, 0.1) is 20.8 Å². The maximum atomic E-state index is 12.3. The zero-order chi connectivity index (χ0) is 17.3. The summed E-state index contributed by atoms with van der Waals surface area (Å²) in [6, 6.07) is 5.43. The predicted molar refractivity (Wildman–Crippen MR) is 95.7 cm³/mol. The van der Waals surface area contributed by atoms with Crippen molar-refractivity contribution in [3.8, 4) is 0 Å². The van der Waals surface area contributed by atoms with Crippen molar-refractivity contribution in [3.63, 3.8) is 0 Å². The van der Waals surface area contributed by atoms with E-state index in [0.717, 1.165) is 16.9 Å². The van der Waals surface area contributed by atoms with Gasteiger partial charge in [-0.15, -0.1) is 11.3 Å². The smallest absolute Gasteiger partial charge is 0.321 e. The first-order valence-corrected chi connectivity index (χ1v) is 8.67. The number of hydrogen-bond donors (Lipinski definition) is 2. The highest BCUT2D eigenvalue weighted by atomic mass is 32.1. The molecule has 2 heterocycles. The van der Waals surface area contributed by atoms with Gasteiger partial charge in [-0.2, -0.15) is 0 Å². The summed E-state index contributed by atoms with van der Waals surface area (Å²) >= 11 is 1.38. The van der Waals surface area contributed by atoms with E-state index in [-0.39, 0.29) is 18.0 Å². The number of nitrogens with one attached hydrogen (secondary N) is 2. The highest BCUT2D eigenvalue weighted by Crippen LogP contribution is 2.24. The second kappa shape index (κ2) is 6.60. The molecule has 7 heteroatoms. The zero-order valence-corrected chi connectivity index (χ0v) is 14.7. The maximum absolute atomic E-state index is 12.3. The minimum Gasteiger partial charge on any atom is -0.333 e. The third-order valence-electron chi connectivity index (χ3n) is 4.10. The molecule has 3 rings (SSSR count). The summed E-state index contributed by atoms with van der Waals surface area (Å²) in [6.45, 7) is 6.42.